The summed E-state index contributed by atoms with van der Waals surface area (Å²) in [5, 5.41) is 4.20. The highest BCUT2D eigenvalue weighted by molar-refractivity contribution is 14.1. The smallest absolute Gasteiger partial charge is 0.147 e. The zero-order chi connectivity index (χ0) is 7.84. The van der Waals surface area contributed by atoms with Crippen LogP contribution in [0.4, 0.5) is 0 Å². The van der Waals surface area contributed by atoms with Crippen LogP contribution in [0.1, 0.15) is 5.82 Å². The van der Waals surface area contributed by atoms with Crippen molar-refractivity contribution in [1.29, 1.82) is 0 Å². The maximum atomic E-state index is 4.23. The Hall–Kier alpha value is -0.650. The Morgan fingerprint density at radius 1 is 1.55 bits per heavy atom. The van der Waals surface area contributed by atoms with Crippen LogP contribution < -0.4 is 0 Å². The van der Waals surface area contributed by atoms with Gasteiger partial charge >= 0.3 is 0 Å². The first-order chi connectivity index (χ1) is 5.27. The van der Waals surface area contributed by atoms with Crippen molar-refractivity contribution in [1.82, 2.24) is 14.6 Å². The number of aryl methyl sites for hydroxylation is 1. The van der Waals surface area contributed by atoms with Crippen molar-refractivity contribution < 1.29 is 0 Å². The second kappa shape index (κ2) is 2.44. The molecule has 0 atom stereocenters. The van der Waals surface area contributed by atoms with Gasteiger partial charge in [-0.2, -0.15) is 5.10 Å². The summed E-state index contributed by atoms with van der Waals surface area (Å²) in [5.74, 6) is 0.804. The van der Waals surface area contributed by atoms with Gasteiger partial charge in [-0.3, -0.25) is 0 Å². The molecule has 2 rings (SSSR count). The fourth-order valence-corrected chi connectivity index (χ4v) is 1.78. The van der Waals surface area contributed by atoms with Gasteiger partial charge in [-0.15, -0.1) is 0 Å². The molecule has 56 valence electrons. The Bertz CT molecular complexity index is 393. The molecule has 4 heteroatoms. The van der Waals surface area contributed by atoms with E-state index in [4.69, 9.17) is 0 Å². The first kappa shape index (κ1) is 7.02. The van der Waals surface area contributed by atoms with Crippen LogP contribution in [-0.4, -0.2) is 14.6 Å². The van der Waals surface area contributed by atoms with Gasteiger partial charge in [0.15, 0.2) is 0 Å². The molecular formula is C7H6IN3. The molecule has 11 heavy (non-hydrogen) atoms. The Morgan fingerprint density at radius 2 is 2.36 bits per heavy atom. The topological polar surface area (TPSA) is 30.2 Å². The van der Waals surface area contributed by atoms with Crippen LogP contribution in [0.2, 0.25) is 0 Å². The monoisotopic (exact) mass is 259 g/mol. The third kappa shape index (κ3) is 1.11. The molecule has 0 N–H and O–H groups in total. The van der Waals surface area contributed by atoms with Gasteiger partial charge in [0.25, 0.3) is 0 Å². The van der Waals surface area contributed by atoms with E-state index in [1.165, 1.54) is 0 Å². The number of aromatic nitrogens is 3. The first-order valence-corrected chi connectivity index (χ1v) is 4.33. The molecule has 0 unspecified atom stereocenters. The van der Waals surface area contributed by atoms with Crippen LogP contribution in [0.5, 0.6) is 0 Å². The third-order valence-corrected chi connectivity index (χ3v) is 2.25. The average molecular weight is 259 g/mol. The molecule has 0 saturated carbocycles. The van der Waals surface area contributed by atoms with Crippen molar-refractivity contribution in [2.75, 3.05) is 0 Å². The predicted octanol–water partition coefficient (Wildman–Crippen LogP) is 1.64. The molecule has 0 amide bonds. The van der Waals surface area contributed by atoms with Crippen molar-refractivity contribution in [3.63, 3.8) is 0 Å². The summed E-state index contributed by atoms with van der Waals surface area (Å²) < 4.78 is 2.84. The first-order valence-electron chi connectivity index (χ1n) is 3.25. The number of hydrogen-bond donors (Lipinski definition) is 0. The highest BCUT2D eigenvalue weighted by Crippen LogP contribution is 2.10. The molecule has 0 aliphatic heterocycles. The fourth-order valence-electron chi connectivity index (χ4n) is 1.00. The van der Waals surface area contributed by atoms with Gasteiger partial charge in [0.05, 0.1) is 5.52 Å². The molecule has 0 bridgehead atoms. The standard InChI is InChI=1S/C7H6IN3/c1-5-9-7(8)6-3-2-4-11(6)10-5/h2-4H,1H3. The SMILES string of the molecule is Cc1nc(I)c2cccn2n1. The normalized spacial score (nSPS) is 10.7. The minimum absolute atomic E-state index is 0.804. The van der Waals surface area contributed by atoms with Crippen molar-refractivity contribution in [3.05, 3.63) is 27.9 Å². The van der Waals surface area contributed by atoms with Gasteiger partial charge in [0.1, 0.15) is 9.53 Å². The van der Waals surface area contributed by atoms with Crippen LogP contribution in [0.25, 0.3) is 5.52 Å². The zero-order valence-corrected chi connectivity index (χ0v) is 8.11. The molecule has 0 radical (unpaired) electrons. The summed E-state index contributed by atoms with van der Waals surface area (Å²) >= 11 is 2.21. The van der Waals surface area contributed by atoms with Crippen molar-refractivity contribution in [2.24, 2.45) is 0 Å². The minimum Gasteiger partial charge on any atom is -0.237 e. The Morgan fingerprint density at radius 3 is 3.18 bits per heavy atom. The summed E-state index contributed by atoms with van der Waals surface area (Å²) in [7, 11) is 0. The van der Waals surface area contributed by atoms with E-state index >= 15 is 0 Å². The Kier molecular flexibility index (Phi) is 1.56. The molecule has 0 aliphatic rings. The van der Waals surface area contributed by atoms with E-state index in [2.05, 4.69) is 32.7 Å². The van der Waals surface area contributed by atoms with Gasteiger partial charge in [-0.1, -0.05) is 0 Å². The number of rotatable bonds is 0. The average Bonchev–Trinajstić information content (AvgIpc) is 2.34. The lowest BCUT2D eigenvalue weighted by atomic mass is 10.5. The number of hydrogen-bond acceptors (Lipinski definition) is 2. The third-order valence-electron chi connectivity index (χ3n) is 1.45. The highest BCUT2D eigenvalue weighted by atomic mass is 127. The van der Waals surface area contributed by atoms with Crippen molar-refractivity contribution in [2.45, 2.75) is 6.92 Å². The van der Waals surface area contributed by atoms with E-state index in [0.29, 0.717) is 0 Å². The van der Waals surface area contributed by atoms with Crippen molar-refractivity contribution >= 4 is 28.1 Å². The lowest BCUT2D eigenvalue weighted by Crippen LogP contribution is -1.98. The predicted molar refractivity (Wildman–Crippen MR) is 50.4 cm³/mol. The summed E-state index contributed by atoms with van der Waals surface area (Å²) in [4.78, 5) is 4.23. The van der Waals surface area contributed by atoms with Gasteiger partial charge < -0.3 is 0 Å². The van der Waals surface area contributed by atoms with Gasteiger partial charge in [0, 0.05) is 6.20 Å². The molecule has 0 aromatic carbocycles. The fraction of sp³-hybridized carbons (Fsp3) is 0.143. The zero-order valence-electron chi connectivity index (χ0n) is 5.95. The van der Waals surface area contributed by atoms with Crippen LogP contribution in [0, 0.1) is 10.6 Å². The second-order valence-electron chi connectivity index (χ2n) is 2.29. The van der Waals surface area contributed by atoms with E-state index in [1.54, 1.807) is 0 Å². The van der Waals surface area contributed by atoms with Crippen LogP contribution in [-0.2, 0) is 0 Å². The van der Waals surface area contributed by atoms with Gasteiger partial charge in [0.2, 0.25) is 0 Å². The molecule has 3 nitrogen and oxygen atoms in total. The second-order valence-corrected chi connectivity index (χ2v) is 3.31. The number of halogens is 1. The maximum absolute atomic E-state index is 4.23. The summed E-state index contributed by atoms with van der Waals surface area (Å²) in [6.07, 6.45) is 1.92. The van der Waals surface area contributed by atoms with Crippen LogP contribution >= 0.6 is 22.6 Å². The van der Waals surface area contributed by atoms with Crippen molar-refractivity contribution in [3.8, 4) is 0 Å². The molecule has 2 aromatic rings. The Balaban J connectivity index is 2.91. The Labute approximate surface area is 77.6 Å². The number of fused-ring (bicyclic) bond motifs is 1. The van der Waals surface area contributed by atoms with E-state index in [9.17, 15) is 0 Å². The molecular weight excluding hydrogens is 253 g/mol. The van der Waals surface area contributed by atoms with Gasteiger partial charge in [-0.05, 0) is 41.6 Å². The summed E-state index contributed by atoms with van der Waals surface area (Å²) in [5.41, 5.74) is 1.07. The summed E-state index contributed by atoms with van der Waals surface area (Å²) in [6.45, 7) is 1.89. The summed E-state index contributed by atoms with van der Waals surface area (Å²) in [6, 6.07) is 3.97. The largest absolute Gasteiger partial charge is 0.237 e. The number of nitrogens with zero attached hydrogens (tertiary/aromatic N) is 3. The highest BCUT2D eigenvalue weighted by Gasteiger charge is 1.99. The van der Waals surface area contributed by atoms with Crippen LogP contribution in [0.3, 0.4) is 0 Å². The molecule has 2 heterocycles. The molecule has 2 aromatic heterocycles. The molecule has 0 spiro atoms. The lowest BCUT2D eigenvalue weighted by Gasteiger charge is -1.96. The molecule has 0 aliphatic carbocycles. The van der Waals surface area contributed by atoms with E-state index in [0.717, 1.165) is 15.0 Å². The van der Waals surface area contributed by atoms with E-state index in [1.807, 2.05) is 29.8 Å². The molecule has 0 saturated heterocycles. The van der Waals surface area contributed by atoms with E-state index in [-0.39, 0.29) is 0 Å². The molecule has 0 fully saturated rings. The quantitative estimate of drug-likeness (QED) is 0.673. The van der Waals surface area contributed by atoms with E-state index < -0.39 is 0 Å². The van der Waals surface area contributed by atoms with Crippen LogP contribution in [0.15, 0.2) is 18.3 Å². The maximum Gasteiger partial charge on any atom is 0.147 e. The van der Waals surface area contributed by atoms with Gasteiger partial charge in [-0.25, -0.2) is 9.50 Å². The minimum atomic E-state index is 0.804. The lowest BCUT2D eigenvalue weighted by molar-refractivity contribution is 0.847.